The molecule has 2 N–H and O–H groups in total. The average molecular weight is 366 g/mol. The number of hydrogen-bond donors (Lipinski definition) is 1. The smallest absolute Gasteiger partial charge is 0.255 e. The van der Waals surface area contributed by atoms with Crippen LogP contribution in [0.5, 0.6) is 0 Å². The van der Waals surface area contributed by atoms with E-state index in [0.29, 0.717) is 34.6 Å². The van der Waals surface area contributed by atoms with Crippen molar-refractivity contribution in [1.82, 2.24) is 10.1 Å². The molecule has 0 spiro atoms. The number of aliphatic imine (C=N–C) groups is 1. The first-order chi connectivity index (χ1) is 12.0. The number of rotatable bonds is 2. The summed E-state index contributed by atoms with van der Waals surface area (Å²) in [4.78, 5) is 8.75. The molecule has 2 aromatic rings. The molecule has 0 bridgehead atoms. The van der Waals surface area contributed by atoms with Gasteiger partial charge in [0.25, 0.3) is 5.89 Å². The monoisotopic (exact) mass is 366 g/mol. The highest BCUT2D eigenvalue weighted by Gasteiger charge is 2.50. The zero-order valence-corrected chi connectivity index (χ0v) is 14.2. The van der Waals surface area contributed by atoms with Crippen LogP contribution >= 0.6 is 11.8 Å². The third-order valence-corrected chi connectivity index (χ3v) is 5.59. The molecule has 1 aromatic heterocycles. The molecule has 1 saturated heterocycles. The number of nitrogens with zero attached hydrogens (tertiary/aromatic N) is 3. The first-order valence-electron chi connectivity index (χ1n) is 7.83. The van der Waals surface area contributed by atoms with Gasteiger partial charge in [-0.25, -0.2) is 13.8 Å². The van der Waals surface area contributed by atoms with Gasteiger partial charge < -0.3 is 15.0 Å². The first kappa shape index (κ1) is 16.5. The molecule has 4 rings (SSSR count). The Balaban J connectivity index is 1.73. The van der Waals surface area contributed by atoms with Crippen molar-refractivity contribution in [1.29, 1.82) is 0 Å². The van der Waals surface area contributed by atoms with Gasteiger partial charge in [0.1, 0.15) is 23.3 Å². The van der Waals surface area contributed by atoms with Crippen LogP contribution in [0.15, 0.2) is 27.7 Å². The van der Waals surface area contributed by atoms with Gasteiger partial charge >= 0.3 is 0 Å². The molecule has 6 nitrogen and oxygen atoms in total. The lowest BCUT2D eigenvalue weighted by atomic mass is 9.75. The Hall–Kier alpha value is -2.00. The van der Waals surface area contributed by atoms with Crippen LogP contribution < -0.4 is 5.73 Å². The summed E-state index contributed by atoms with van der Waals surface area (Å²) in [7, 11) is 0. The molecule has 0 saturated carbocycles. The van der Waals surface area contributed by atoms with Gasteiger partial charge in [-0.15, -0.1) is 0 Å². The minimum Gasteiger partial charge on any atom is -0.379 e. The summed E-state index contributed by atoms with van der Waals surface area (Å²) in [5.41, 5.74) is 5.23. The van der Waals surface area contributed by atoms with E-state index in [-0.39, 0.29) is 18.6 Å². The molecule has 0 unspecified atom stereocenters. The van der Waals surface area contributed by atoms with E-state index in [1.54, 1.807) is 6.92 Å². The Morgan fingerprint density at radius 2 is 2.20 bits per heavy atom. The number of amidine groups is 1. The maximum Gasteiger partial charge on any atom is 0.255 e. The van der Waals surface area contributed by atoms with Gasteiger partial charge in [-0.05, 0) is 19.4 Å². The largest absolute Gasteiger partial charge is 0.379 e. The van der Waals surface area contributed by atoms with Gasteiger partial charge in [-0.2, -0.15) is 4.98 Å². The fourth-order valence-electron chi connectivity index (χ4n) is 3.43. The number of nitrogens with two attached hydrogens (primary N) is 1. The molecular formula is C16H16F2N4O2S. The van der Waals surface area contributed by atoms with Crippen molar-refractivity contribution in [3.8, 4) is 0 Å². The molecule has 0 amide bonds. The summed E-state index contributed by atoms with van der Waals surface area (Å²) in [5.74, 6) is 0.240. The van der Waals surface area contributed by atoms with Crippen LogP contribution in [0.3, 0.4) is 0 Å². The SMILES string of the molecule is Cc1noc([C@H]2C[C@H]3CSC(N)=N[C@@]3(c3ccc(F)cc3F)CO2)n1. The fourth-order valence-corrected chi connectivity index (χ4v) is 4.44. The van der Waals surface area contributed by atoms with E-state index < -0.39 is 17.2 Å². The molecule has 3 heterocycles. The second-order valence-electron chi connectivity index (χ2n) is 6.22. The maximum atomic E-state index is 14.5. The second kappa shape index (κ2) is 6.06. The highest BCUT2D eigenvalue weighted by Crippen LogP contribution is 2.49. The first-order valence-corrected chi connectivity index (χ1v) is 8.82. The van der Waals surface area contributed by atoms with Crippen molar-refractivity contribution in [3.63, 3.8) is 0 Å². The van der Waals surface area contributed by atoms with E-state index >= 15 is 0 Å². The van der Waals surface area contributed by atoms with Gasteiger partial charge in [0, 0.05) is 23.3 Å². The summed E-state index contributed by atoms with van der Waals surface area (Å²) in [6.07, 6.45) is 0.153. The van der Waals surface area contributed by atoms with Crippen LogP contribution in [0.2, 0.25) is 0 Å². The zero-order valence-electron chi connectivity index (χ0n) is 13.4. The Morgan fingerprint density at radius 3 is 2.92 bits per heavy atom. The molecule has 1 aromatic carbocycles. The second-order valence-corrected chi connectivity index (χ2v) is 7.26. The summed E-state index contributed by atoms with van der Waals surface area (Å²) < 4.78 is 38.9. The molecule has 132 valence electrons. The number of hydrogen-bond acceptors (Lipinski definition) is 7. The molecule has 2 aliphatic rings. The van der Waals surface area contributed by atoms with E-state index in [4.69, 9.17) is 15.0 Å². The average Bonchev–Trinajstić information content (AvgIpc) is 3.00. The molecular weight excluding hydrogens is 350 g/mol. The normalized spacial score (nSPS) is 29.2. The van der Waals surface area contributed by atoms with Crippen molar-refractivity contribution >= 4 is 16.9 Å². The van der Waals surface area contributed by atoms with Gasteiger partial charge in [0.2, 0.25) is 0 Å². The van der Waals surface area contributed by atoms with Crippen molar-refractivity contribution in [2.24, 2.45) is 16.6 Å². The number of benzene rings is 1. The summed E-state index contributed by atoms with van der Waals surface area (Å²) in [6, 6.07) is 3.51. The van der Waals surface area contributed by atoms with Crippen LogP contribution in [0.1, 0.15) is 29.8 Å². The molecule has 25 heavy (non-hydrogen) atoms. The maximum absolute atomic E-state index is 14.5. The van der Waals surface area contributed by atoms with E-state index in [2.05, 4.69) is 15.1 Å². The minimum absolute atomic E-state index is 0.0595. The van der Waals surface area contributed by atoms with Crippen LogP contribution in [0.25, 0.3) is 0 Å². The lowest BCUT2D eigenvalue weighted by molar-refractivity contribution is -0.0715. The van der Waals surface area contributed by atoms with Gasteiger partial charge in [-0.3, -0.25) is 0 Å². The molecule has 2 aliphatic heterocycles. The number of ether oxygens (including phenoxy) is 1. The van der Waals surface area contributed by atoms with Crippen molar-refractivity contribution in [2.45, 2.75) is 25.0 Å². The van der Waals surface area contributed by atoms with Crippen LogP contribution in [0.4, 0.5) is 8.78 Å². The number of halogens is 2. The number of aryl methyl sites for hydroxylation is 1. The van der Waals surface area contributed by atoms with Crippen molar-refractivity contribution < 1.29 is 18.0 Å². The number of aromatic nitrogens is 2. The standard InChI is InChI=1S/C16H16F2N4O2S/c1-8-20-14(24-22-8)13-4-9-6-25-15(19)21-16(9,7-23-13)11-3-2-10(17)5-12(11)18/h2-3,5,9,13H,4,6-7H2,1H3,(H2,19,21)/t9-,13+,16-/m0/s1. The Bertz CT molecular complexity index is 843. The summed E-state index contributed by atoms with van der Waals surface area (Å²) in [6.45, 7) is 1.84. The van der Waals surface area contributed by atoms with Gasteiger partial charge in [0.05, 0.1) is 6.61 Å². The highest BCUT2D eigenvalue weighted by molar-refractivity contribution is 8.13. The van der Waals surface area contributed by atoms with E-state index in [9.17, 15) is 8.78 Å². The van der Waals surface area contributed by atoms with Crippen molar-refractivity contribution in [2.75, 3.05) is 12.4 Å². The third kappa shape index (κ3) is 2.81. The molecule has 1 fully saturated rings. The van der Waals surface area contributed by atoms with Crippen LogP contribution in [-0.4, -0.2) is 27.7 Å². The Kier molecular flexibility index (Phi) is 3.99. The lowest BCUT2D eigenvalue weighted by Gasteiger charge is -2.45. The predicted octanol–water partition coefficient (Wildman–Crippen LogP) is 2.69. The van der Waals surface area contributed by atoms with Gasteiger partial charge in [0.15, 0.2) is 11.0 Å². The summed E-state index contributed by atoms with van der Waals surface area (Å²) >= 11 is 1.42. The Morgan fingerprint density at radius 1 is 1.36 bits per heavy atom. The van der Waals surface area contributed by atoms with Crippen LogP contribution in [0, 0.1) is 24.5 Å². The van der Waals surface area contributed by atoms with Crippen LogP contribution in [-0.2, 0) is 10.3 Å². The third-order valence-electron chi connectivity index (χ3n) is 4.64. The fraction of sp³-hybridized carbons (Fsp3) is 0.438. The minimum atomic E-state index is -0.974. The Labute approximate surface area is 146 Å². The number of fused-ring (bicyclic) bond motifs is 1. The molecule has 0 radical (unpaired) electrons. The van der Waals surface area contributed by atoms with E-state index in [0.717, 1.165) is 6.07 Å². The predicted molar refractivity (Wildman–Crippen MR) is 88.0 cm³/mol. The number of thioether (sulfide) groups is 1. The van der Waals surface area contributed by atoms with Gasteiger partial charge in [-0.1, -0.05) is 23.0 Å². The lowest BCUT2D eigenvalue weighted by Crippen LogP contribution is -2.48. The van der Waals surface area contributed by atoms with E-state index in [1.165, 1.54) is 23.9 Å². The molecule has 9 heteroatoms. The van der Waals surface area contributed by atoms with Crippen molar-refractivity contribution in [3.05, 3.63) is 47.1 Å². The van der Waals surface area contributed by atoms with E-state index in [1.807, 2.05) is 0 Å². The highest BCUT2D eigenvalue weighted by atomic mass is 32.2. The molecule has 3 atom stereocenters. The summed E-state index contributed by atoms with van der Waals surface area (Å²) in [5, 5.41) is 4.16. The zero-order chi connectivity index (χ0) is 17.6. The quantitative estimate of drug-likeness (QED) is 0.879. The topological polar surface area (TPSA) is 86.5 Å². The molecule has 0 aliphatic carbocycles.